The number of ether oxygens (including phenoxy) is 1. The Morgan fingerprint density at radius 2 is 1.79 bits per heavy atom. The number of amides is 1. The average molecular weight is 798 g/mol. The first-order chi connectivity index (χ1) is 26.6. The summed E-state index contributed by atoms with van der Waals surface area (Å²) in [6, 6.07) is 7.80. The van der Waals surface area contributed by atoms with E-state index in [1.54, 1.807) is 29.4 Å². The highest BCUT2D eigenvalue weighted by Crippen LogP contribution is 2.42. The lowest BCUT2D eigenvalue weighted by Crippen LogP contribution is -2.60. The highest BCUT2D eigenvalue weighted by Gasteiger charge is 2.45. The number of hydrogen-bond acceptors (Lipinski definition) is 12. The van der Waals surface area contributed by atoms with Crippen LogP contribution in [0, 0.1) is 5.92 Å². The number of fused-ring (bicyclic) bond motifs is 1. The number of hydrogen-bond donors (Lipinski definition) is 2. The molecule has 0 radical (unpaired) electrons. The Morgan fingerprint density at radius 1 is 1.02 bits per heavy atom. The first kappa shape index (κ1) is 39.1. The minimum atomic E-state index is -4.63. The number of benzene rings is 1. The van der Waals surface area contributed by atoms with Gasteiger partial charge in [-0.15, -0.1) is 0 Å². The van der Waals surface area contributed by atoms with Crippen molar-refractivity contribution in [2.75, 3.05) is 77.5 Å². The monoisotopic (exact) mass is 797 g/mol. The maximum absolute atomic E-state index is 14.7. The van der Waals surface area contributed by atoms with Gasteiger partial charge >= 0.3 is 6.18 Å². The van der Waals surface area contributed by atoms with Gasteiger partial charge in [-0.3, -0.25) is 9.78 Å². The van der Waals surface area contributed by atoms with E-state index in [4.69, 9.17) is 9.72 Å². The van der Waals surface area contributed by atoms with Crippen molar-refractivity contribution in [3.05, 3.63) is 72.8 Å². The topological polar surface area (TPSA) is 146 Å². The largest absolute Gasteiger partial charge is 0.433 e. The summed E-state index contributed by atoms with van der Waals surface area (Å²) >= 11 is 0. The van der Waals surface area contributed by atoms with Crippen LogP contribution in [0.3, 0.4) is 0 Å². The van der Waals surface area contributed by atoms with E-state index in [-0.39, 0.29) is 48.9 Å². The van der Waals surface area contributed by atoms with Crippen molar-refractivity contribution in [1.82, 2.24) is 19.9 Å². The number of piperidine rings is 1. The molecule has 1 amide bonds. The van der Waals surface area contributed by atoms with Crippen molar-refractivity contribution in [2.24, 2.45) is 5.92 Å². The van der Waals surface area contributed by atoms with E-state index in [0.717, 1.165) is 17.8 Å². The third-order valence-corrected chi connectivity index (χ3v) is 12.9. The lowest BCUT2D eigenvalue weighted by molar-refractivity contribution is -0.141. The van der Waals surface area contributed by atoms with Crippen LogP contribution in [0.5, 0.6) is 0 Å². The van der Waals surface area contributed by atoms with Crippen molar-refractivity contribution in [2.45, 2.75) is 49.9 Å². The lowest BCUT2D eigenvalue weighted by Gasteiger charge is -2.47. The number of sulfone groups is 1. The van der Waals surface area contributed by atoms with Crippen molar-refractivity contribution in [3.8, 4) is 0 Å². The number of rotatable bonds is 10. The van der Waals surface area contributed by atoms with E-state index in [9.17, 15) is 30.8 Å². The SMILES string of the molecule is C=CC(=O)Nc1cc(N2CC(C3CN(c4ccnc(C(F)(F)F)c4)CCS3(=O)=O)C2)c2cnc(Nc3ccnc(N4CC[C@@H](OC)[C@@H](F)C4)c3)nc2c1C(C)C. The van der Waals surface area contributed by atoms with Gasteiger partial charge in [0.15, 0.2) is 9.84 Å². The van der Waals surface area contributed by atoms with Crippen molar-refractivity contribution < 1.29 is 35.5 Å². The molecule has 3 aliphatic rings. The van der Waals surface area contributed by atoms with Gasteiger partial charge in [-0.2, -0.15) is 13.2 Å². The molecule has 0 bridgehead atoms. The van der Waals surface area contributed by atoms with Crippen LogP contribution in [-0.4, -0.2) is 104 Å². The number of nitrogens with zero attached hydrogens (tertiary/aromatic N) is 7. The Kier molecular flexibility index (Phi) is 10.8. The molecule has 3 fully saturated rings. The summed E-state index contributed by atoms with van der Waals surface area (Å²) in [5.74, 6) is -0.149. The zero-order valence-electron chi connectivity index (χ0n) is 31.1. The molecule has 298 valence electrons. The van der Waals surface area contributed by atoms with E-state index in [1.807, 2.05) is 29.7 Å². The van der Waals surface area contributed by atoms with Gasteiger partial charge < -0.3 is 30.1 Å². The number of carbonyl (C=O) groups is 1. The van der Waals surface area contributed by atoms with Crippen LogP contribution in [0.2, 0.25) is 0 Å². The molecule has 56 heavy (non-hydrogen) atoms. The van der Waals surface area contributed by atoms with Gasteiger partial charge in [-0.05, 0) is 42.7 Å². The number of nitrogens with one attached hydrogen (secondary N) is 2. The fourth-order valence-corrected chi connectivity index (χ4v) is 9.69. The lowest BCUT2D eigenvalue weighted by atomic mass is 9.91. The molecular formula is C38H43F4N9O4S. The van der Waals surface area contributed by atoms with Crippen LogP contribution in [-0.2, 0) is 25.5 Å². The van der Waals surface area contributed by atoms with Gasteiger partial charge in [0.2, 0.25) is 11.9 Å². The smallest absolute Gasteiger partial charge is 0.378 e. The predicted octanol–water partition coefficient (Wildman–Crippen LogP) is 5.73. The van der Waals surface area contributed by atoms with Crippen LogP contribution in [0.15, 0.2) is 61.6 Å². The Morgan fingerprint density at radius 3 is 2.48 bits per heavy atom. The summed E-state index contributed by atoms with van der Waals surface area (Å²) in [5, 5.41) is 6.04. The van der Waals surface area contributed by atoms with Crippen LogP contribution in [0.4, 0.5) is 52.1 Å². The number of anilines is 6. The second kappa shape index (κ2) is 15.4. The van der Waals surface area contributed by atoms with Crippen molar-refractivity contribution in [1.29, 1.82) is 0 Å². The molecule has 3 saturated heterocycles. The summed E-state index contributed by atoms with van der Waals surface area (Å²) < 4.78 is 87.0. The summed E-state index contributed by atoms with van der Waals surface area (Å²) in [5.41, 5.74) is 2.40. The number of methoxy groups -OCH3 is 1. The Balaban J connectivity index is 1.17. The van der Waals surface area contributed by atoms with Gasteiger partial charge in [0.1, 0.15) is 17.7 Å². The molecule has 1 aromatic carbocycles. The van der Waals surface area contributed by atoms with Gasteiger partial charge in [0.25, 0.3) is 0 Å². The van der Waals surface area contributed by atoms with E-state index in [0.29, 0.717) is 59.8 Å². The summed E-state index contributed by atoms with van der Waals surface area (Å²) in [4.78, 5) is 35.7. The van der Waals surface area contributed by atoms with Crippen LogP contribution in [0.1, 0.15) is 37.4 Å². The molecule has 6 heterocycles. The van der Waals surface area contributed by atoms with E-state index >= 15 is 0 Å². The second-order valence-corrected chi connectivity index (χ2v) is 17.0. The maximum atomic E-state index is 14.7. The van der Waals surface area contributed by atoms with E-state index < -0.39 is 45.1 Å². The fourth-order valence-electron chi connectivity index (χ4n) is 7.75. The molecule has 7 rings (SSSR count). The molecule has 13 nitrogen and oxygen atoms in total. The molecule has 4 aromatic rings. The van der Waals surface area contributed by atoms with Gasteiger partial charge in [0, 0.05) is 104 Å². The van der Waals surface area contributed by atoms with E-state index in [2.05, 4.69) is 32.2 Å². The molecule has 3 aliphatic heterocycles. The third kappa shape index (κ3) is 7.94. The number of pyridine rings is 2. The summed E-state index contributed by atoms with van der Waals surface area (Å²) in [6.07, 6.45) is -0.143. The predicted molar refractivity (Wildman–Crippen MR) is 207 cm³/mol. The van der Waals surface area contributed by atoms with Crippen LogP contribution >= 0.6 is 0 Å². The summed E-state index contributed by atoms with van der Waals surface area (Å²) in [6.45, 7) is 9.09. The molecule has 0 aliphatic carbocycles. The molecule has 3 aromatic heterocycles. The minimum absolute atomic E-state index is 0.0461. The first-order valence-corrected chi connectivity index (χ1v) is 20.0. The number of halogens is 4. The standard InChI is InChI=1S/C38H43F4N9O4S/c1-5-34(52)47-28-16-29(51-18-23(19-51)31-21-49(12-13-56(31,53)54)25-7-10-43-32(15-25)38(40,41)42)26-17-45-37(48-36(26)35(28)22(2)3)46-24-6-9-44-33(14-24)50-11-8-30(55-4)27(39)20-50/h5-7,9-10,14-17,22-23,27,30-31H,1,8,11-13,18-21H2,2-4H3,(H,47,52)(H,44,45,46,48)/t27-,30+,31?/m0/s1. The normalized spacial score (nSPS) is 21.6. The maximum Gasteiger partial charge on any atom is 0.433 e. The zero-order valence-corrected chi connectivity index (χ0v) is 31.9. The van der Waals surface area contributed by atoms with Crippen molar-refractivity contribution >= 4 is 61.2 Å². The number of alkyl halides is 4. The molecule has 2 N–H and O–H groups in total. The number of carbonyl (C=O) groups excluding carboxylic acids is 1. The Bertz CT molecular complexity index is 2240. The molecule has 18 heteroatoms. The van der Waals surface area contributed by atoms with Crippen LogP contribution < -0.4 is 25.3 Å². The second-order valence-electron chi connectivity index (χ2n) is 14.6. The average Bonchev–Trinajstić information content (AvgIpc) is 3.14. The first-order valence-electron chi connectivity index (χ1n) is 18.3. The highest BCUT2D eigenvalue weighted by molar-refractivity contribution is 7.92. The summed E-state index contributed by atoms with van der Waals surface area (Å²) in [7, 11) is -2.04. The highest BCUT2D eigenvalue weighted by atomic mass is 32.2. The zero-order chi connectivity index (χ0) is 39.9. The van der Waals surface area contributed by atoms with Crippen LogP contribution in [0.25, 0.3) is 10.9 Å². The van der Waals surface area contributed by atoms with E-state index in [1.165, 1.54) is 19.3 Å². The van der Waals surface area contributed by atoms with Gasteiger partial charge in [0.05, 0.1) is 29.2 Å². The fraction of sp³-hybridized carbons (Fsp3) is 0.447. The van der Waals surface area contributed by atoms with Crippen molar-refractivity contribution in [3.63, 3.8) is 0 Å². The van der Waals surface area contributed by atoms with Gasteiger partial charge in [-0.25, -0.2) is 27.8 Å². The Labute approximate surface area is 322 Å². The minimum Gasteiger partial charge on any atom is -0.378 e. The molecule has 0 saturated carbocycles. The quantitative estimate of drug-likeness (QED) is 0.149. The Hall–Kier alpha value is -5.10. The third-order valence-electron chi connectivity index (χ3n) is 10.7. The van der Waals surface area contributed by atoms with Gasteiger partial charge in [-0.1, -0.05) is 20.4 Å². The molecular weight excluding hydrogens is 755 g/mol. The number of aromatic nitrogens is 4. The molecule has 3 atom stereocenters. The molecule has 1 unspecified atom stereocenters. The molecule has 0 spiro atoms.